The van der Waals surface area contributed by atoms with Crippen molar-refractivity contribution in [3.63, 3.8) is 0 Å². The van der Waals surface area contributed by atoms with Crippen LogP contribution in [0.2, 0.25) is 0 Å². The fourth-order valence-corrected chi connectivity index (χ4v) is 1.46. The minimum absolute atomic E-state index is 0.00381. The van der Waals surface area contributed by atoms with Gasteiger partial charge in [-0.15, -0.1) is 0 Å². The van der Waals surface area contributed by atoms with Crippen LogP contribution in [-0.2, 0) is 0 Å². The molecule has 0 aliphatic carbocycles. The van der Waals surface area contributed by atoms with Crippen molar-refractivity contribution < 1.29 is 9.90 Å². The highest BCUT2D eigenvalue weighted by atomic mass is 16.4. The van der Waals surface area contributed by atoms with E-state index in [1.807, 2.05) is 13.8 Å². The van der Waals surface area contributed by atoms with Crippen LogP contribution in [0.4, 0.5) is 5.82 Å². The summed E-state index contributed by atoms with van der Waals surface area (Å²) < 4.78 is 0. The molecule has 0 atom stereocenters. The molecule has 0 aliphatic rings. The average molecular weight is 233 g/mol. The van der Waals surface area contributed by atoms with Gasteiger partial charge in [-0.2, -0.15) is 5.26 Å². The lowest BCUT2D eigenvalue weighted by molar-refractivity contribution is 0.0690. The first-order valence-electron chi connectivity index (χ1n) is 5.18. The van der Waals surface area contributed by atoms with Crippen molar-refractivity contribution in [2.24, 2.45) is 5.41 Å². The molecule has 1 aromatic rings. The average Bonchev–Trinajstić information content (AvgIpc) is 2.28. The molecule has 0 aromatic carbocycles. The van der Waals surface area contributed by atoms with E-state index in [4.69, 9.17) is 10.4 Å². The molecule has 0 unspecified atom stereocenters. The first-order valence-corrected chi connectivity index (χ1v) is 5.18. The van der Waals surface area contributed by atoms with E-state index in [1.54, 1.807) is 24.1 Å². The Hall–Kier alpha value is -2.09. The van der Waals surface area contributed by atoms with Crippen molar-refractivity contribution in [1.82, 2.24) is 4.98 Å². The molecule has 90 valence electrons. The van der Waals surface area contributed by atoms with Crippen molar-refractivity contribution >= 4 is 11.8 Å². The molecule has 0 radical (unpaired) electrons. The van der Waals surface area contributed by atoms with Crippen LogP contribution in [0.15, 0.2) is 18.2 Å². The Morgan fingerprint density at radius 2 is 2.24 bits per heavy atom. The summed E-state index contributed by atoms with van der Waals surface area (Å²) in [5.74, 6) is -0.506. The number of anilines is 1. The van der Waals surface area contributed by atoms with Gasteiger partial charge in [-0.1, -0.05) is 6.07 Å². The summed E-state index contributed by atoms with van der Waals surface area (Å²) in [5.41, 5.74) is -0.500. The van der Waals surface area contributed by atoms with Gasteiger partial charge in [-0.3, -0.25) is 0 Å². The van der Waals surface area contributed by atoms with Gasteiger partial charge in [0, 0.05) is 13.6 Å². The maximum absolute atomic E-state index is 10.8. The summed E-state index contributed by atoms with van der Waals surface area (Å²) >= 11 is 0. The van der Waals surface area contributed by atoms with E-state index in [9.17, 15) is 4.79 Å². The van der Waals surface area contributed by atoms with E-state index in [0.29, 0.717) is 12.4 Å². The molecule has 1 N–H and O–H groups in total. The minimum atomic E-state index is -1.06. The van der Waals surface area contributed by atoms with Gasteiger partial charge in [-0.05, 0) is 26.0 Å². The zero-order valence-corrected chi connectivity index (χ0v) is 10.1. The van der Waals surface area contributed by atoms with E-state index in [1.165, 1.54) is 6.07 Å². The third-order valence-electron chi connectivity index (χ3n) is 2.28. The number of aromatic nitrogens is 1. The first kappa shape index (κ1) is 13.0. The topological polar surface area (TPSA) is 77.2 Å². The number of carboxylic acid groups (broad SMARTS) is 1. The van der Waals surface area contributed by atoms with E-state index in [2.05, 4.69) is 11.1 Å². The van der Waals surface area contributed by atoms with Crippen LogP contribution in [0.25, 0.3) is 0 Å². The molecule has 0 spiro atoms. The Bertz CT molecular complexity index is 463. The normalized spacial score (nSPS) is 10.7. The SMILES string of the molecule is CN(CC(C)(C)C#N)c1cccc(C(=O)O)n1. The number of pyridine rings is 1. The second kappa shape index (κ2) is 4.83. The summed E-state index contributed by atoms with van der Waals surface area (Å²) in [5, 5.41) is 17.8. The Kier molecular flexibility index (Phi) is 3.69. The summed E-state index contributed by atoms with van der Waals surface area (Å²) in [6.07, 6.45) is 0. The van der Waals surface area contributed by atoms with E-state index >= 15 is 0 Å². The molecule has 1 heterocycles. The molecular weight excluding hydrogens is 218 g/mol. The second-order valence-corrected chi connectivity index (χ2v) is 4.54. The molecule has 0 saturated carbocycles. The largest absolute Gasteiger partial charge is 0.477 e. The lowest BCUT2D eigenvalue weighted by atomic mass is 9.95. The fourth-order valence-electron chi connectivity index (χ4n) is 1.46. The molecular formula is C12H15N3O2. The highest BCUT2D eigenvalue weighted by molar-refractivity contribution is 5.85. The number of nitrogens with zero attached hydrogens (tertiary/aromatic N) is 3. The number of hydrogen-bond donors (Lipinski definition) is 1. The summed E-state index contributed by atoms with van der Waals surface area (Å²) in [6.45, 7) is 4.13. The third-order valence-corrected chi connectivity index (χ3v) is 2.28. The molecule has 0 saturated heterocycles. The second-order valence-electron chi connectivity index (χ2n) is 4.54. The lowest BCUT2D eigenvalue weighted by Crippen LogP contribution is -2.31. The molecule has 1 aromatic heterocycles. The monoisotopic (exact) mass is 233 g/mol. The highest BCUT2D eigenvalue weighted by Gasteiger charge is 2.20. The Morgan fingerprint density at radius 1 is 1.59 bits per heavy atom. The van der Waals surface area contributed by atoms with Gasteiger partial charge in [0.05, 0.1) is 11.5 Å². The summed E-state index contributed by atoms with van der Waals surface area (Å²) in [7, 11) is 1.78. The number of nitriles is 1. The van der Waals surface area contributed by atoms with Crippen LogP contribution in [0.5, 0.6) is 0 Å². The predicted octanol–water partition coefficient (Wildman–Crippen LogP) is 1.77. The van der Waals surface area contributed by atoms with Gasteiger partial charge in [-0.25, -0.2) is 9.78 Å². The van der Waals surface area contributed by atoms with Crippen molar-refractivity contribution in [3.8, 4) is 6.07 Å². The lowest BCUT2D eigenvalue weighted by Gasteiger charge is -2.25. The first-order chi connectivity index (χ1) is 7.85. The maximum Gasteiger partial charge on any atom is 0.354 e. The van der Waals surface area contributed by atoms with Crippen LogP contribution in [-0.4, -0.2) is 29.7 Å². The van der Waals surface area contributed by atoms with Gasteiger partial charge in [0.2, 0.25) is 0 Å². The smallest absolute Gasteiger partial charge is 0.354 e. The Labute approximate surface area is 100 Å². The molecule has 0 bridgehead atoms. The van der Waals surface area contributed by atoms with Crippen molar-refractivity contribution in [2.75, 3.05) is 18.5 Å². The standard InChI is InChI=1S/C12H15N3O2/c1-12(2,7-13)8-15(3)10-6-4-5-9(14-10)11(16)17/h4-6H,8H2,1-3H3,(H,16,17). The quantitative estimate of drug-likeness (QED) is 0.857. The summed E-state index contributed by atoms with van der Waals surface area (Å²) in [6, 6.07) is 7.00. The van der Waals surface area contributed by atoms with Crippen molar-refractivity contribution in [1.29, 1.82) is 5.26 Å². The van der Waals surface area contributed by atoms with Gasteiger partial charge >= 0.3 is 5.97 Å². The zero-order valence-electron chi connectivity index (χ0n) is 10.1. The van der Waals surface area contributed by atoms with Gasteiger partial charge < -0.3 is 10.0 Å². The van der Waals surface area contributed by atoms with Gasteiger partial charge in [0.1, 0.15) is 5.82 Å². The van der Waals surface area contributed by atoms with E-state index < -0.39 is 11.4 Å². The molecule has 1 rings (SSSR count). The van der Waals surface area contributed by atoms with Crippen LogP contribution < -0.4 is 4.90 Å². The minimum Gasteiger partial charge on any atom is -0.477 e. The van der Waals surface area contributed by atoms with Gasteiger partial charge in [0.15, 0.2) is 5.69 Å². The van der Waals surface area contributed by atoms with Crippen LogP contribution >= 0.6 is 0 Å². The molecule has 17 heavy (non-hydrogen) atoms. The number of hydrogen-bond acceptors (Lipinski definition) is 4. The maximum atomic E-state index is 10.8. The van der Waals surface area contributed by atoms with E-state index in [-0.39, 0.29) is 5.69 Å². The Balaban J connectivity index is 2.90. The third kappa shape index (κ3) is 3.45. The molecule has 0 amide bonds. The Morgan fingerprint density at radius 3 is 2.76 bits per heavy atom. The van der Waals surface area contributed by atoms with Crippen LogP contribution in [0, 0.1) is 16.7 Å². The summed E-state index contributed by atoms with van der Waals surface area (Å²) in [4.78, 5) is 16.6. The number of aromatic carboxylic acids is 1. The molecule has 0 fully saturated rings. The number of rotatable bonds is 4. The van der Waals surface area contributed by atoms with Crippen molar-refractivity contribution in [2.45, 2.75) is 13.8 Å². The number of carbonyl (C=O) groups is 1. The molecule has 5 nitrogen and oxygen atoms in total. The van der Waals surface area contributed by atoms with Crippen molar-refractivity contribution in [3.05, 3.63) is 23.9 Å². The fraction of sp³-hybridized carbons (Fsp3) is 0.417. The van der Waals surface area contributed by atoms with E-state index in [0.717, 1.165) is 0 Å². The van der Waals surface area contributed by atoms with Gasteiger partial charge in [0.25, 0.3) is 0 Å². The number of carboxylic acids is 1. The molecule has 0 aliphatic heterocycles. The predicted molar refractivity (Wildman–Crippen MR) is 63.9 cm³/mol. The molecule has 5 heteroatoms. The van der Waals surface area contributed by atoms with Crippen LogP contribution in [0.3, 0.4) is 0 Å². The highest BCUT2D eigenvalue weighted by Crippen LogP contribution is 2.18. The zero-order chi connectivity index (χ0) is 13.1. The van der Waals surface area contributed by atoms with Crippen LogP contribution in [0.1, 0.15) is 24.3 Å².